The molecule has 2 amide bonds. The molecule has 0 aliphatic heterocycles. The number of urea groups is 1. The standard InChI is InChI=1S/C14H28N2O3/c1-2-3-4-8-11-15-14(19)16-12-9-6-5-7-10-13(17)18/h2-12H2,1H3,(H,17,18)(H2,15,16,19). The van der Waals surface area contributed by atoms with Crippen LogP contribution < -0.4 is 10.6 Å². The largest absolute Gasteiger partial charge is 0.481 e. The summed E-state index contributed by atoms with van der Waals surface area (Å²) in [5, 5.41) is 14.1. The van der Waals surface area contributed by atoms with Crippen molar-refractivity contribution in [3.05, 3.63) is 0 Å². The van der Waals surface area contributed by atoms with Crippen molar-refractivity contribution in [2.45, 2.75) is 64.7 Å². The van der Waals surface area contributed by atoms with Crippen molar-refractivity contribution >= 4 is 12.0 Å². The van der Waals surface area contributed by atoms with E-state index in [1.165, 1.54) is 19.3 Å². The van der Waals surface area contributed by atoms with Crippen molar-refractivity contribution < 1.29 is 14.7 Å². The van der Waals surface area contributed by atoms with Crippen LogP contribution in [0.15, 0.2) is 0 Å². The summed E-state index contributed by atoms with van der Waals surface area (Å²) in [6.45, 7) is 3.56. The van der Waals surface area contributed by atoms with Gasteiger partial charge in [-0.1, -0.05) is 39.0 Å². The van der Waals surface area contributed by atoms with E-state index in [2.05, 4.69) is 17.6 Å². The molecule has 0 unspecified atom stereocenters. The minimum absolute atomic E-state index is 0.0953. The van der Waals surface area contributed by atoms with Crippen molar-refractivity contribution in [3.8, 4) is 0 Å². The lowest BCUT2D eigenvalue weighted by Crippen LogP contribution is -2.36. The third-order valence-corrected chi connectivity index (χ3v) is 2.92. The monoisotopic (exact) mass is 272 g/mol. The molecule has 0 saturated heterocycles. The first-order chi connectivity index (χ1) is 9.16. The molecule has 5 nitrogen and oxygen atoms in total. The Morgan fingerprint density at radius 1 is 0.842 bits per heavy atom. The second kappa shape index (κ2) is 13.2. The fourth-order valence-corrected chi connectivity index (χ4v) is 1.77. The second-order valence-corrected chi connectivity index (χ2v) is 4.80. The van der Waals surface area contributed by atoms with Gasteiger partial charge in [0.25, 0.3) is 0 Å². The lowest BCUT2D eigenvalue weighted by atomic mass is 10.1. The number of carboxylic acid groups (broad SMARTS) is 1. The van der Waals surface area contributed by atoms with E-state index in [4.69, 9.17) is 5.11 Å². The van der Waals surface area contributed by atoms with Crippen molar-refractivity contribution in [1.29, 1.82) is 0 Å². The van der Waals surface area contributed by atoms with E-state index >= 15 is 0 Å². The second-order valence-electron chi connectivity index (χ2n) is 4.80. The zero-order valence-electron chi connectivity index (χ0n) is 12.0. The number of hydrogen-bond acceptors (Lipinski definition) is 2. The highest BCUT2D eigenvalue weighted by atomic mass is 16.4. The van der Waals surface area contributed by atoms with E-state index in [-0.39, 0.29) is 12.5 Å². The van der Waals surface area contributed by atoms with E-state index in [0.717, 1.165) is 38.6 Å². The number of hydrogen-bond donors (Lipinski definition) is 3. The van der Waals surface area contributed by atoms with Crippen molar-refractivity contribution in [2.24, 2.45) is 0 Å². The first kappa shape index (κ1) is 17.7. The third kappa shape index (κ3) is 14.7. The highest BCUT2D eigenvalue weighted by Gasteiger charge is 1.99. The van der Waals surface area contributed by atoms with Crippen LogP contribution in [0.3, 0.4) is 0 Å². The highest BCUT2D eigenvalue weighted by Crippen LogP contribution is 2.02. The van der Waals surface area contributed by atoms with Gasteiger partial charge in [0, 0.05) is 19.5 Å². The zero-order chi connectivity index (χ0) is 14.3. The quantitative estimate of drug-likeness (QED) is 0.478. The Morgan fingerprint density at radius 3 is 1.89 bits per heavy atom. The Hall–Kier alpha value is -1.26. The molecule has 19 heavy (non-hydrogen) atoms. The summed E-state index contributed by atoms with van der Waals surface area (Å²) < 4.78 is 0. The van der Waals surface area contributed by atoms with Gasteiger partial charge in [0.15, 0.2) is 0 Å². The van der Waals surface area contributed by atoms with Crippen LogP contribution in [-0.4, -0.2) is 30.2 Å². The topological polar surface area (TPSA) is 78.4 Å². The number of nitrogens with one attached hydrogen (secondary N) is 2. The summed E-state index contributed by atoms with van der Waals surface area (Å²) in [6, 6.07) is -0.0953. The van der Waals surface area contributed by atoms with Gasteiger partial charge in [0.1, 0.15) is 0 Å². The maximum atomic E-state index is 11.4. The van der Waals surface area contributed by atoms with Crippen LogP contribution in [-0.2, 0) is 4.79 Å². The molecule has 0 aromatic heterocycles. The Bertz CT molecular complexity index is 245. The third-order valence-electron chi connectivity index (χ3n) is 2.92. The fraction of sp³-hybridized carbons (Fsp3) is 0.857. The molecule has 0 bridgehead atoms. The van der Waals surface area contributed by atoms with Crippen LogP contribution >= 0.6 is 0 Å². The summed E-state index contributed by atoms with van der Waals surface area (Å²) in [5.41, 5.74) is 0. The molecule has 0 atom stereocenters. The average Bonchev–Trinajstić information content (AvgIpc) is 2.37. The van der Waals surface area contributed by atoms with E-state index < -0.39 is 5.97 Å². The van der Waals surface area contributed by atoms with E-state index in [0.29, 0.717) is 6.54 Å². The molecule has 0 aromatic carbocycles. The summed E-state index contributed by atoms with van der Waals surface area (Å²) in [5.74, 6) is -0.736. The number of unbranched alkanes of at least 4 members (excludes halogenated alkanes) is 6. The van der Waals surface area contributed by atoms with Crippen LogP contribution in [0, 0.1) is 0 Å². The van der Waals surface area contributed by atoms with E-state index in [1.54, 1.807) is 0 Å². The smallest absolute Gasteiger partial charge is 0.314 e. The van der Waals surface area contributed by atoms with Gasteiger partial charge in [-0.2, -0.15) is 0 Å². The molecular weight excluding hydrogens is 244 g/mol. The Labute approximate surface area is 116 Å². The molecule has 3 N–H and O–H groups in total. The number of rotatable bonds is 12. The highest BCUT2D eigenvalue weighted by molar-refractivity contribution is 5.73. The molecular formula is C14H28N2O3. The van der Waals surface area contributed by atoms with Crippen molar-refractivity contribution in [3.63, 3.8) is 0 Å². The maximum absolute atomic E-state index is 11.4. The molecule has 0 rings (SSSR count). The molecule has 0 aliphatic carbocycles. The SMILES string of the molecule is CCCCCCNC(=O)NCCCCCCC(=O)O. The number of carbonyl (C=O) groups is 2. The summed E-state index contributed by atoms with van der Waals surface area (Å²) in [6.07, 6.45) is 8.37. The van der Waals surface area contributed by atoms with E-state index in [9.17, 15) is 9.59 Å². The lowest BCUT2D eigenvalue weighted by Gasteiger charge is -2.07. The molecule has 0 radical (unpaired) electrons. The van der Waals surface area contributed by atoms with Crippen LogP contribution in [0.4, 0.5) is 4.79 Å². The molecule has 5 heteroatoms. The van der Waals surface area contributed by atoms with E-state index in [1.807, 2.05) is 0 Å². The molecule has 0 spiro atoms. The van der Waals surface area contributed by atoms with Crippen LogP contribution in [0.25, 0.3) is 0 Å². The van der Waals surface area contributed by atoms with Gasteiger partial charge in [-0.05, 0) is 19.3 Å². The Kier molecular flexibility index (Phi) is 12.3. The first-order valence-corrected chi connectivity index (χ1v) is 7.40. The molecule has 0 heterocycles. The maximum Gasteiger partial charge on any atom is 0.314 e. The van der Waals surface area contributed by atoms with Crippen LogP contribution in [0.5, 0.6) is 0 Å². The van der Waals surface area contributed by atoms with Crippen molar-refractivity contribution in [2.75, 3.05) is 13.1 Å². The van der Waals surface area contributed by atoms with Gasteiger partial charge in [-0.25, -0.2) is 4.79 Å². The van der Waals surface area contributed by atoms with Gasteiger partial charge in [0.2, 0.25) is 0 Å². The molecule has 112 valence electrons. The molecule has 0 aromatic rings. The fourth-order valence-electron chi connectivity index (χ4n) is 1.77. The van der Waals surface area contributed by atoms with Gasteiger partial charge in [-0.3, -0.25) is 4.79 Å². The van der Waals surface area contributed by atoms with Crippen LogP contribution in [0.1, 0.15) is 64.7 Å². The predicted molar refractivity (Wildman–Crippen MR) is 76.3 cm³/mol. The minimum Gasteiger partial charge on any atom is -0.481 e. The average molecular weight is 272 g/mol. The van der Waals surface area contributed by atoms with Gasteiger partial charge >= 0.3 is 12.0 Å². The summed E-state index contributed by atoms with van der Waals surface area (Å²) >= 11 is 0. The Morgan fingerprint density at radius 2 is 1.37 bits per heavy atom. The number of amides is 2. The zero-order valence-corrected chi connectivity index (χ0v) is 12.0. The molecule has 0 aliphatic rings. The van der Waals surface area contributed by atoms with Crippen LogP contribution in [0.2, 0.25) is 0 Å². The Balaban J connectivity index is 3.18. The number of carbonyl (C=O) groups excluding carboxylic acids is 1. The normalized spacial score (nSPS) is 10.2. The predicted octanol–water partition coefficient (Wildman–Crippen LogP) is 2.90. The minimum atomic E-state index is -0.736. The van der Waals surface area contributed by atoms with Gasteiger partial charge in [0.05, 0.1) is 0 Å². The lowest BCUT2D eigenvalue weighted by molar-refractivity contribution is -0.137. The molecule has 0 saturated carbocycles. The number of carboxylic acids is 1. The number of aliphatic carboxylic acids is 1. The van der Waals surface area contributed by atoms with Gasteiger partial charge < -0.3 is 15.7 Å². The van der Waals surface area contributed by atoms with Gasteiger partial charge in [-0.15, -0.1) is 0 Å². The first-order valence-electron chi connectivity index (χ1n) is 7.40. The summed E-state index contributed by atoms with van der Waals surface area (Å²) in [7, 11) is 0. The van der Waals surface area contributed by atoms with Crippen molar-refractivity contribution in [1.82, 2.24) is 10.6 Å². The summed E-state index contributed by atoms with van der Waals surface area (Å²) in [4.78, 5) is 21.6. The molecule has 0 fully saturated rings.